The molecular formula is C18H28N2O4. The van der Waals surface area contributed by atoms with Gasteiger partial charge in [-0.25, -0.2) is 0 Å². The maximum absolute atomic E-state index is 12.3. The first-order chi connectivity index (χ1) is 11.7. The number of para-hydroxylation sites is 2. The summed E-state index contributed by atoms with van der Waals surface area (Å²) in [5.74, 6) is 1.27. The van der Waals surface area contributed by atoms with E-state index in [-0.39, 0.29) is 18.6 Å². The molecule has 0 aliphatic carbocycles. The SMILES string of the molecule is CCOc1ccccc1OCC(=O)N1CCC(OCCCN)CC1. The molecule has 0 bridgehead atoms. The van der Waals surface area contributed by atoms with Crippen molar-refractivity contribution in [2.24, 2.45) is 5.73 Å². The largest absolute Gasteiger partial charge is 0.490 e. The molecule has 2 N–H and O–H groups in total. The van der Waals surface area contributed by atoms with Gasteiger partial charge in [-0.3, -0.25) is 4.79 Å². The number of nitrogens with two attached hydrogens (primary N) is 1. The first-order valence-electron chi connectivity index (χ1n) is 8.68. The highest BCUT2D eigenvalue weighted by Gasteiger charge is 2.23. The van der Waals surface area contributed by atoms with E-state index in [1.165, 1.54) is 0 Å². The van der Waals surface area contributed by atoms with Crippen LogP contribution in [0.5, 0.6) is 11.5 Å². The van der Waals surface area contributed by atoms with Gasteiger partial charge in [0.2, 0.25) is 0 Å². The lowest BCUT2D eigenvalue weighted by molar-refractivity contribution is -0.136. The van der Waals surface area contributed by atoms with E-state index in [1.54, 1.807) is 0 Å². The Morgan fingerprint density at radius 3 is 2.50 bits per heavy atom. The maximum atomic E-state index is 12.3. The summed E-state index contributed by atoms with van der Waals surface area (Å²) in [5, 5.41) is 0. The molecule has 0 unspecified atom stereocenters. The molecule has 1 aromatic rings. The summed E-state index contributed by atoms with van der Waals surface area (Å²) in [6, 6.07) is 7.41. The Bertz CT molecular complexity index is 502. The maximum Gasteiger partial charge on any atom is 0.260 e. The van der Waals surface area contributed by atoms with Crippen molar-refractivity contribution in [1.29, 1.82) is 0 Å². The molecule has 24 heavy (non-hydrogen) atoms. The van der Waals surface area contributed by atoms with E-state index < -0.39 is 0 Å². The van der Waals surface area contributed by atoms with E-state index in [0.29, 0.717) is 44.3 Å². The molecular weight excluding hydrogens is 308 g/mol. The van der Waals surface area contributed by atoms with Crippen LogP contribution < -0.4 is 15.2 Å². The van der Waals surface area contributed by atoms with Gasteiger partial charge in [-0.1, -0.05) is 12.1 Å². The summed E-state index contributed by atoms with van der Waals surface area (Å²) >= 11 is 0. The Labute approximate surface area is 143 Å². The number of carbonyl (C=O) groups is 1. The van der Waals surface area contributed by atoms with E-state index in [9.17, 15) is 4.79 Å². The summed E-state index contributed by atoms with van der Waals surface area (Å²) in [6.45, 7) is 5.28. The Kier molecular flexibility index (Phi) is 7.85. The average Bonchev–Trinajstić information content (AvgIpc) is 2.62. The Morgan fingerprint density at radius 1 is 1.21 bits per heavy atom. The minimum Gasteiger partial charge on any atom is -0.490 e. The minimum absolute atomic E-state index is 0.00158. The van der Waals surface area contributed by atoms with Crippen molar-refractivity contribution in [3.63, 3.8) is 0 Å². The van der Waals surface area contributed by atoms with E-state index in [1.807, 2.05) is 36.1 Å². The second-order valence-electron chi connectivity index (χ2n) is 5.76. The van der Waals surface area contributed by atoms with Crippen LogP contribution in [0.15, 0.2) is 24.3 Å². The molecule has 1 saturated heterocycles. The summed E-state index contributed by atoms with van der Waals surface area (Å²) in [7, 11) is 0. The highest BCUT2D eigenvalue weighted by molar-refractivity contribution is 5.78. The van der Waals surface area contributed by atoms with E-state index in [0.717, 1.165) is 19.3 Å². The van der Waals surface area contributed by atoms with E-state index >= 15 is 0 Å². The number of piperidine rings is 1. The van der Waals surface area contributed by atoms with Gasteiger partial charge in [-0.2, -0.15) is 0 Å². The molecule has 6 heteroatoms. The lowest BCUT2D eigenvalue weighted by Gasteiger charge is -2.32. The lowest BCUT2D eigenvalue weighted by Crippen LogP contribution is -2.43. The molecule has 2 rings (SSSR count). The van der Waals surface area contributed by atoms with Gasteiger partial charge in [-0.15, -0.1) is 0 Å². The van der Waals surface area contributed by atoms with Crippen LogP contribution >= 0.6 is 0 Å². The Balaban J connectivity index is 1.74. The van der Waals surface area contributed by atoms with Crippen molar-refractivity contribution in [2.75, 3.05) is 39.5 Å². The fourth-order valence-electron chi connectivity index (χ4n) is 2.68. The van der Waals surface area contributed by atoms with Crippen LogP contribution in [0.3, 0.4) is 0 Å². The minimum atomic E-state index is 0.00158. The number of rotatable bonds is 9. The van der Waals surface area contributed by atoms with E-state index in [4.69, 9.17) is 19.9 Å². The number of hydrogen-bond acceptors (Lipinski definition) is 5. The number of amides is 1. The zero-order chi connectivity index (χ0) is 17.2. The number of likely N-dealkylation sites (tertiary alicyclic amines) is 1. The van der Waals surface area contributed by atoms with Crippen molar-refractivity contribution in [2.45, 2.75) is 32.3 Å². The third kappa shape index (κ3) is 5.69. The molecule has 1 aromatic carbocycles. The third-order valence-electron chi connectivity index (χ3n) is 4.00. The molecule has 1 heterocycles. The van der Waals surface area contributed by atoms with Gasteiger partial charge in [0.15, 0.2) is 18.1 Å². The molecule has 1 aliphatic rings. The molecule has 0 atom stereocenters. The fourth-order valence-corrected chi connectivity index (χ4v) is 2.68. The summed E-state index contributed by atoms with van der Waals surface area (Å²) < 4.78 is 16.9. The van der Waals surface area contributed by atoms with Crippen LogP contribution in [0.2, 0.25) is 0 Å². The molecule has 1 aliphatic heterocycles. The van der Waals surface area contributed by atoms with Crippen molar-refractivity contribution >= 4 is 5.91 Å². The van der Waals surface area contributed by atoms with Crippen LogP contribution in [0, 0.1) is 0 Å². The standard InChI is InChI=1S/C18H28N2O4/c1-2-22-16-6-3-4-7-17(16)24-14-18(21)20-11-8-15(9-12-20)23-13-5-10-19/h3-4,6-7,15H,2,5,8-14,19H2,1H3. The summed E-state index contributed by atoms with van der Waals surface area (Å²) in [5.41, 5.74) is 5.46. The van der Waals surface area contributed by atoms with Gasteiger partial charge in [0.25, 0.3) is 5.91 Å². The molecule has 0 radical (unpaired) electrons. The summed E-state index contributed by atoms with van der Waals surface area (Å²) in [6.07, 6.45) is 2.85. The highest BCUT2D eigenvalue weighted by Crippen LogP contribution is 2.26. The molecule has 1 fully saturated rings. The highest BCUT2D eigenvalue weighted by atomic mass is 16.5. The first kappa shape index (κ1) is 18.5. The molecule has 134 valence electrons. The number of carbonyl (C=O) groups excluding carboxylic acids is 1. The van der Waals surface area contributed by atoms with Crippen molar-refractivity contribution in [3.8, 4) is 11.5 Å². The number of ether oxygens (including phenoxy) is 3. The predicted octanol–water partition coefficient (Wildman–Crippen LogP) is 1.82. The normalized spacial score (nSPS) is 15.3. The zero-order valence-corrected chi connectivity index (χ0v) is 14.4. The van der Waals surface area contributed by atoms with Gasteiger partial charge in [-0.05, 0) is 44.9 Å². The van der Waals surface area contributed by atoms with Gasteiger partial charge in [0.05, 0.1) is 12.7 Å². The molecule has 1 amide bonds. The first-order valence-corrected chi connectivity index (χ1v) is 8.68. The summed E-state index contributed by atoms with van der Waals surface area (Å²) in [4.78, 5) is 14.1. The number of hydrogen-bond donors (Lipinski definition) is 1. The smallest absolute Gasteiger partial charge is 0.260 e. The zero-order valence-electron chi connectivity index (χ0n) is 14.4. The Hall–Kier alpha value is -1.79. The van der Waals surface area contributed by atoms with E-state index in [2.05, 4.69) is 0 Å². The monoisotopic (exact) mass is 336 g/mol. The average molecular weight is 336 g/mol. The molecule has 0 aromatic heterocycles. The molecule has 6 nitrogen and oxygen atoms in total. The number of benzene rings is 1. The molecule has 0 spiro atoms. The lowest BCUT2D eigenvalue weighted by atomic mass is 10.1. The predicted molar refractivity (Wildman–Crippen MR) is 92.3 cm³/mol. The van der Waals surface area contributed by atoms with Crippen LogP contribution in [-0.2, 0) is 9.53 Å². The quantitative estimate of drug-likeness (QED) is 0.696. The van der Waals surface area contributed by atoms with Crippen molar-refractivity contribution in [1.82, 2.24) is 4.90 Å². The van der Waals surface area contributed by atoms with Crippen molar-refractivity contribution < 1.29 is 19.0 Å². The fraction of sp³-hybridized carbons (Fsp3) is 0.611. The van der Waals surface area contributed by atoms with Crippen LogP contribution in [0.4, 0.5) is 0 Å². The topological polar surface area (TPSA) is 74.0 Å². The number of nitrogens with zero attached hydrogens (tertiary/aromatic N) is 1. The van der Waals surface area contributed by atoms with Crippen molar-refractivity contribution in [3.05, 3.63) is 24.3 Å². The second-order valence-corrected chi connectivity index (χ2v) is 5.76. The van der Waals surface area contributed by atoms with Gasteiger partial charge in [0, 0.05) is 19.7 Å². The van der Waals surface area contributed by atoms with Crippen LogP contribution in [-0.4, -0.2) is 56.4 Å². The van der Waals surface area contributed by atoms with Gasteiger partial charge >= 0.3 is 0 Å². The third-order valence-corrected chi connectivity index (χ3v) is 4.00. The second kappa shape index (κ2) is 10.2. The van der Waals surface area contributed by atoms with Gasteiger partial charge in [0.1, 0.15) is 0 Å². The Morgan fingerprint density at radius 2 is 1.88 bits per heavy atom. The molecule has 0 saturated carbocycles. The van der Waals surface area contributed by atoms with Crippen LogP contribution in [0.1, 0.15) is 26.2 Å². The van der Waals surface area contributed by atoms with Crippen LogP contribution in [0.25, 0.3) is 0 Å². The van der Waals surface area contributed by atoms with Gasteiger partial charge < -0.3 is 24.8 Å².